The zero-order valence-electron chi connectivity index (χ0n) is 19.7. The van der Waals surface area contributed by atoms with Gasteiger partial charge in [-0.05, 0) is 30.3 Å². The molecule has 0 aliphatic rings. The third kappa shape index (κ3) is 4.35. The third-order valence-corrected chi connectivity index (χ3v) is 8.80. The van der Waals surface area contributed by atoms with Gasteiger partial charge in [0, 0.05) is 64.6 Å². The number of benzene rings is 1. The smallest absolute Gasteiger partial charge is 0.137 e. The predicted molar refractivity (Wildman–Crippen MR) is 144 cm³/mol. The second kappa shape index (κ2) is 9.13. The monoisotopic (exact) mass is 490 g/mol. The number of hydrogen-bond acceptors (Lipinski definition) is 5. The minimum Gasteiger partial charge on any atom is -0.374 e. The summed E-state index contributed by atoms with van der Waals surface area (Å²) in [5.41, 5.74) is 11.6. The second-order valence-electron chi connectivity index (χ2n) is 9.80. The number of aromatic amines is 1. The Kier molecular flexibility index (Phi) is 6.18. The SMILES string of the molecule is C[Si](C)(C)CCOCn1c(-c2ccnc3[nH]ccc23)cc(C(N)O)c1-c1csc2ccccc12. The summed E-state index contributed by atoms with van der Waals surface area (Å²) >= 11 is 1.69. The molecular weight excluding hydrogens is 460 g/mol. The maximum absolute atomic E-state index is 10.6. The van der Waals surface area contributed by atoms with Gasteiger partial charge in [0.15, 0.2) is 0 Å². The van der Waals surface area contributed by atoms with Crippen LogP contribution in [0, 0.1) is 0 Å². The van der Waals surface area contributed by atoms with Crippen LogP contribution < -0.4 is 5.73 Å². The minimum atomic E-state index is -1.22. The van der Waals surface area contributed by atoms with Crippen LogP contribution in [-0.4, -0.2) is 34.3 Å². The van der Waals surface area contributed by atoms with Crippen molar-refractivity contribution in [2.24, 2.45) is 5.73 Å². The number of hydrogen-bond donors (Lipinski definition) is 3. The molecule has 0 spiro atoms. The molecule has 0 saturated heterocycles. The lowest BCUT2D eigenvalue weighted by atomic mass is 10.1. The molecule has 0 aliphatic heterocycles. The number of aromatic nitrogens is 3. The maximum Gasteiger partial charge on any atom is 0.137 e. The fourth-order valence-electron chi connectivity index (χ4n) is 4.33. The Bertz CT molecular complexity index is 1440. The number of H-pyrrole nitrogens is 1. The van der Waals surface area contributed by atoms with Gasteiger partial charge in [0.25, 0.3) is 0 Å². The number of nitrogens with zero attached hydrogens (tertiary/aromatic N) is 2. The lowest BCUT2D eigenvalue weighted by Crippen LogP contribution is -2.22. The van der Waals surface area contributed by atoms with Crippen molar-refractivity contribution in [3.63, 3.8) is 0 Å². The van der Waals surface area contributed by atoms with Crippen molar-refractivity contribution >= 4 is 40.5 Å². The average molecular weight is 491 g/mol. The Balaban J connectivity index is 1.70. The number of aliphatic hydroxyl groups is 1. The van der Waals surface area contributed by atoms with E-state index in [4.69, 9.17) is 10.5 Å². The molecule has 4 aromatic heterocycles. The molecule has 1 unspecified atom stereocenters. The van der Waals surface area contributed by atoms with E-state index in [0.717, 1.165) is 45.0 Å². The van der Waals surface area contributed by atoms with Gasteiger partial charge in [0.05, 0.1) is 11.4 Å². The normalized spacial score (nSPS) is 13.2. The summed E-state index contributed by atoms with van der Waals surface area (Å²) in [6, 6.07) is 15.4. The van der Waals surface area contributed by atoms with Crippen molar-refractivity contribution in [3.05, 3.63) is 65.8 Å². The van der Waals surface area contributed by atoms with Crippen LogP contribution in [0.2, 0.25) is 25.7 Å². The van der Waals surface area contributed by atoms with Crippen molar-refractivity contribution in [2.45, 2.75) is 38.6 Å². The van der Waals surface area contributed by atoms with Crippen LogP contribution in [0.25, 0.3) is 43.6 Å². The minimum absolute atomic E-state index is 0.375. The van der Waals surface area contributed by atoms with Gasteiger partial charge in [0.2, 0.25) is 0 Å². The summed E-state index contributed by atoms with van der Waals surface area (Å²) in [5, 5.41) is 14.9. The molecule has 5 rings (SSSR count). The number of rotatable bonds is 8. The van der Waals surface area contributed by atoms with Gasteiger partial charge in [0.1, 0.15) is 18.6 Å². The molecule has 1 atom stereocenters. The third-order valence-electron chi connectivity index (χ3n) is 6.13. The first kappa shape index (κ1) is 23.0. The van der Waals surface area contributed by atoms with Crippen molar-refractivity contribution in [1.82, 2.24) is 14.5 Å². The highest BCUT2D eigenvalue weighted by Crippen LogP contribution is 2.41. The molecule has 0 aliphatic carbocycles. The van der Waals surface area contributed by atoms with Gasteiger partial charge in [-0.15, -0.1) is 11.3 Å². The van der Waals surface area contributed by atoms with E-state index in [-0.39, 0.29) is 0 Å². The van der Waals surface area contributed by atoms with Crippen molar-refractivity contribution in [3.8, 4) is 22.5 Å². The molecule has 1 aromatic carbocycles. The van der Waals surface area contributed by atoms with Gasteiger partial charge in [-0.25, -0.2) is 4.98 Å². The summed E-state index contributed by atoms with van der Waals surface area (Å²) in [4.78, 5) is 7.65. The molecule has 6 nitrogen and oxygen atoms in total. The predicted octanol–water partition coefficient (Wildman–Crippen LogP) is 6.18. The van der Waals surface area contributed by atoms with Crippen LogP contribution in [-0.2, 0) is 11.5 Å². The first-order valence-corrected chi connectivity index (χ1v) is 16.1. The standard InChI is InChI=1S/C26H30N4O2SSi/c1-34(2,3)13-12-32-16-30-22(17-8-10-28-26-19(17)9-11-29-26)14-20(25(27)31)24(30)21-15-33-23-7-5-4-6-18(21)23/h4-11,14-15,25,31H,12-13,16,27H2,1-3H3,(H,28,29). The molecule has 0 bridgehead atoms. The molecule has 0 radical (unpaired) electrons. The quantitative estimate of drug-likeness (QED) is 0.138. The Hall–Kier alpha value is -2.75. The van der Waals surface area contributed by atoms with Gasteiger partial charge < -0.3 is 25.1 Å². The molecular formula is C26H30N4O2SSi. The highest BCUT2D eigenvalue weighted by molar-refractivity contribution is 7.17. The van der Waals surface area contributed by atoms with Gasteiger partial charge in [-0.1, -0.05) is 37.8 Å². The molecule has 4 N–H and O–H groups in total. The number of ether oxygens (including phenoxy) is 1. The number of nitrogens with two attached hydrogens (primary N) is 1. The molecule has 4 heterocycles. The van der Waals surface area contributed by atoms with Crippen LogP contribution in [0.3, 0.4) is 0 Å². The zero-order valence-corrected chi connectivity index (χ0v) is 21.5. The Morgan fingerprint density at radius 2 is 1.97 bits per heavy atom. The van der Waals surface area contributed by atoms with Crippen LogP contribution in [0.4, 0.5) is 0 Å². The number of nitrogens with one attached hydrogen (secondary N) is 1. The molecule has 176 valence electrons. The van der Waals surface area contributed by atoms with Crippen molar-refractivity contribution < 1.29 is 9.84 Å². The number of thiophene rings is 1. The van der Waals surface area contributed by atoms with Gasteiger partial charge in [-0.2, -0.15) is 0 Å². The van der Waals surface area contributed by atoms with E-state index >= 15 is 0 Å². The van der Waals surface area contributed by atoms with E-state index in [2.05, 4.69) is 51.7 Å². The summed E-state index contributed by atoms with van der Waals surface area (Å²) in [6.45, 7) is 8.13. The Morgan fingerprint density at radius 1 is 1.15 bits per heavy atom. The zero-order chi connectivity index (χ0) is 23.9. The van der Waals surface area contributed by atoms with E-state index < -0.39 is 14.3 Å². The largest absolute Gasteiger partial charge is 0.374 e. The molecule has 5 aromatic rings. The Labute approximate surface area is 204 Å². The molecule has 0 amide bonds. The van der Waals surface area contributed by atoms with E-state index in [1.165, 1.54) is 4.70 Å². The first-order chi connectivity index (χ1) is 16.3. The second-order valence-corrected chi connectivity index (χ2v) is 16.3. The van der Waals surface area contributed by atoms with Crippen LogP contribution in [0.15, 0.2) is 60.2 Å². The molecule has 0 saturated carbocycles. The molecule has 34 heavy (non-hydrogen) atoms. The van der Waals surface area contributed by atoms with E-state index in [1.54, 1.807) is 17.5 Å². The average Bonchev–Trinajstić information content (AvgIpc) is 3.52. The number of fused-ring (bicyclic) bond motifs is 2. The number of pyridine rings is 1. The van der Waals surface area contributed by atoms with Gasteiger partial charge >= 0.3 is 0 Å². The van der Waals surface area contributed by atoms with E-state index in [9.17, 15) is 5.11 Å². The van der Waals surface area contributed by atoms with E-state index in [0.29, 0.717) is 18.9 Å². The fraction of sp³-hybridized carbons (Fsp3) is 0.269. The highest BCUT2D eigenvalue weighted by Gasteiger charge is 2.24. The lowest BCUT2D eigenvalue weighted by Gasteiger charge is -2.19. The summed E-state index contributed by atoms with van der Waals surface area (Å²) < 4.78 is 9.60. The lowest BCUT2D eigenvalue weighted by molar-refractivity contribution is 0.0893. The van der Waals surface area contributed by atoms with Crippen molar-refractivity contribution in [1.29, 1.82) is 0 Å². The molecule has 0 fully saturated rings. The first-order valence-electron chi connectivity index (χ1n) is 11.5. The van der Waals surface area contributed by atoms with Crippen LogP contribution >= 0.6 is 11.3 Å². The van der Waals surface area contributed by atoms with Crippen molar-refractivity contribution in [2.75, 3.05) is 6.61 Å². The van der Waals surface area contributed by atoms with E-state index in [1.807, 2.05) is 36.5 Å². The Morgan fingerprint density at radius 3 is 2.76 bits per heavy atom. The van der Waals surface area contributed by atoms with Crippen LogP contribution in [0.5, 0.6) is 0 Å². The maximum atomic E-state index is 10.6. The topological polar surface area (TPSA) is 89.1 Å². The fourth-order valence-corrected chi connectivity index (χ4v) is 6.04. The number of aliphatic hydroxyl groups excluding tert-OH is 1. The molecule has 8 heteroatoms. The summed E-state index contributed by atoms with van der Waals surface area (Å²) in [5.74, 6) is 0. The highest BCUT2D eigenvalue weighted by atomic mass is 32.1. The van der Waals surface area contributed by atoms with Gasteiger partial charge in [-0.3, -0.25) is 0 Å². The summed E-state index contributed by atoms with van der Waals surface area (Å²) in [6.07, 6.45) is 2.58. The van der Waals surface area contributed by atoms with Crippen LogP contribution in [0.1, 0.15) is 11.8 Å². The summed E-state index contributed by atoms with van der Waals surface area (Å²) in [7, 11) is -1.22.